The zero-order valence-electron chi connectivity index (χ0n) is 12.5. The third kappa shape index (κ3) is 4.47. The van der Waals surface area contributed by atoms with E-state index in [1.54, 1.807) is 12.1 Å². The highest BCUT2D eigenvalue weighted by atomic mass is 32.2. The van der Waals surface area contributed by atoms with Gasteiger partial charge < -0.3 is 10.5 Å². The van der Waals surface area contributed by atoms with E-state index >= 15 is 0 Å². The van der Waals surface area contributed by atoms with Crippen molar-refractivity contribution in [2.24, 2.45) is 0 Å². The van der Waals surface area contributed by atoms with E-state index in [9.17, 15) is 8.42 Å². The molecule has 0 aliphatic rings. The monoisotopic (exact) mass is 320 g/mol. The van der Waals surface area contributed by atoms with Crippen molar-refractivity contribution >= 4 is 15.7 Å². The summed E-state index contributed by atoms with van der Waals surface area (Å²) >= 11 is 0. The molecule has 0 aliphatic carbocycles. The second-order valence-electron chi connectivity index (χ2n) is 4.81. The number of nitrogens with one attached hydrogen (secondary N) is 1. The molecule has 0 saturated carbocycles. The van der Waals surface area contributed by atoms with Gasteiger partial charge in [0.1, 0.15) is 12.4 Å². The Morgan fingerprint density at radius 2 is 1.68 bits per heavy atom. The summed E-state index contributed by atoms with van der Waals surface area (Å²) in [4.78, 5) is 0.189. The molecule has 0 radical (unpaired) electrons. The van der Waals surface area contributed by atoms with Crippen LogP contribution in [0.4, 0.5) is 5.69 Å². The third-order valence-electron chi connectivity index (χ3n) is 3.18. The highest BCUT2D eigenvalue weighted by Gasteiger charge is 2.12. The number of benzene rings is 2. The number of hydrogen-bond acceptors (Lipinski definition) is 4. The van der Waals surface area contributed by atoms with Gasteiger partial charge in [-0.15, -0.1) is 0 Å². The minimum Gasteiger partial charge on any atom is -0.492 e. The number of nitrogen functional groups attached to an aromatic ring is 1. The molecule has 22 heavy (non-hydrogen) atoms. The van der Waals surface area contributed by atoms with Gasteiger partial charge in [-0.2, -0.15) is 0 Å². The maximum Gasteiger partial charge on any atom is 0.240 e. The van der Waals surface area contributed by atoms with Gasteiger partial charge in [-0.3, -0.25) is 0 Å². The Balaban J connectivity index is 1.83. The molecule has 118 valence electrons. The van der Waals surface area contributed by atoms with Crippen molar-refractivity contribution < 1.29 is 13.2 Å². The van der Waals surface area contributed by atoms with Crippen LogP contribution in [0.3, 0.4) is 0 Å². The Morgan fingerprint density at radius 3 is 2.27 bits per heavy atom. The quantitative estimate of drug-likeness (QED) is 0.605. The topological polar surface area (TPSA) is 81.4 Å². The van der Waals surface area contributed by atoms with Crippen LogP contribution in [-0.2, 0) is 16.4 Å². The number of aryl methyl sites for hydroxylation is 1. The lowest BCUT2D eigenvalue weighted by molar-refractivity contribution is 0.323. The van der Waals surface area contributed by atoms with Gasteiger partial charge in [-0.25, -0.2) is 13.1 Å². The van der Waals surface area contributed by atoms with E-state index < -0.39 is 10.0 Å². The van der Waals surface area contributed by atoms with Crippen LogP contribution in [0.1, 0.15) is 12.5 Å². The largest absolute Gasteiger partial charge is 0.492 e. The van der Waals surface area contributed by atoms with Crippen LogP contribution in [0.25, 0.3) is 0 Å². The highest BCUT2D eigenvalue weighted by Crippen LogP contribution is 2.13. The molecule has 0 atom stereocenters. The summed E-state index contributed by atoms with van der Waals surface area (Å²) in [6.45, 7) is 2.55. The van der Waals surface area contributed by atoms with E-state index in [1.165, 1.54) is 17.7 Å². The molecular formula is C16H20N2O3S. The second kappa shape index (κ2) is 7.29. The van der Waals surface area contributed by atoms with Crippen molar-refractivity contribution in [2.75, 3.05) is 18.9 Å². The van der Waals surface area contributed by atoms with Gasteiger partial charge in [0.15, 0.2) is 0 Å². The van der Waals surface area contributed by atoms with Crippen molar-refractivity contribution in [1.29, 1.82) is 0 Å². The molecule has 0 amide bonds. The van der Waals surface area contributed by atoms with Gasteiger partial charge in [0.05, 0.1) is 4.90 Å². The SMILES string of the molecule is CCc1ccc(OCCNS(=O)(=O)c2ccc(N)cc2)cc1. The zero-order valence-corrected chi connectivity index (χ0v) is 13.3. The molecule has 0 heterocycles. The van der Waals surface area contributed by atoms with Gasteiger partial charge in [0, 0.05) is 12.2 Å². The number of anilines is 1. The van der Waals surface area contributed by atoms with E-state index in [0.29, 0.717) is 5.69 Å². The van der Waals surface area contributed by atoms with E-state index in [0.717, 1.165) is 12.2 Å². The average Bonchev–Trinajstić information content (AvgIpc) is 2.52. The second-order valence-corrected chi connectivity index (χ2v) is 6.58. The summed E-state index contributed by atoms with van der Waals surface area (Å²) in [6.07, 6.45) is 0.974. The predicted octanol–water partition coefficient (Wildman–Crippen LogP) is 2.19. The average molecular weight is 320 g/mol. The molecule has 5 nitrogen and oxygen atoms in total. The van der Waals surface area contributed by atoms with E-state index in [-0.39, 0.29) is 18.0 Å². The van der Waals surface area contributed by atoms with Crippen LogP contribution >= 0.6 is 0 Å². The van der Waals surface area contributed by atoms with Crippen molar-refractivity contribution in [1.82, 2.24) is 4.72 Å². The van der Waals surface area contributed by atoms with Crippen LogP contribution in [0.2, 0.25) is 0 Å². The maximum absolute atomic E-state index is 12.0. The van der Waals surface area contributed by atoms with E-state index in [1.807, 2.05) is 24.3 Å². The number of rotatable bonds is 7. The van der Waals surface area contributed by atoms with Crippen molar-refractivity contribution in [3.05, 3.63) is 54.1 Å². The van der Waals surface area contributed by atoms with Crippen LogP contribution in [-0.4, -0.2) is 21.6 Å². The molecule has 6 heteroatoms. The first-order chi connectivity index (χ1) is 10.5. The summed E-state index contributed by atoms with van der Waals surface area (Å²) in [5, 5.41) is 0. The summed E-state index contributed by atoms with van der Waals surface area (Å²) in [7, 11) is -3.53. The lowest BCUT2D eigenvalue weighted by Crippen LogP contribution is -2.28. The molecule has 2 aromatic carbocycles. The Bertz CT molecular complexity index is 695. The van der Waals surface area contributed by atoms with Gasteiger partial charge in [-0.05, 0) is 48.4 Å². The summed E-state index contributed by atoms with van der Waals surface area (Å²) in [5.41, 5.74) is 7.30. The van der Waals surface area contributed by atoms with Crippen LogP contribution in [0, 0.1) is 0 Å². The van der Waals surface area contributed by atoms with Crippen LogP contribution < -0.4 is 15.2 Å². The maximum atomic E-state index is 12.0. The summed E-state index contributed by atoms with van der Waals surface area (Å²) in [5.74, 6) is 0.726. The third-order valence-corrected chi connectivity index (χ3v) is 4.66. The Morgan fingerprint density at radius 1 is 1.05 bits per heavy atom. The number of nitrogens with two attached hydrogens (primary N) is 1. The van der Waals surface area contributed by atoms with Gasteiger partial charge >= 0.3 is 0 Å². The van der Waals surface area contributed by atoms with Crippen LogP contribution in [0.15, 0.2) is 53.4 Å². The fraction of sp³-hybridized carbons (Fsp3) is 0.250. The molecule has 2 rings (SSSR count). The molecule has 0 saturated heterocycles. The lowest BCUT2D eigenvalue weighted by atomic mass is 10.2. The first-order valence-corrected chi connectivity index (χ1v) is 8.56. The standard InChI is InChI=1S/C16H20N2O3S/c1-2-13-3-7-15(8-4-13)21-12-11-18-22(19,20)16-9-5-14(17)6-10-16/h3-10,18H,2,11-12,17H2,1H3. The summed E-state index contributed by atoms with van der Waals surface area (Å²) < 4.78 is 32.1. The van der Waals surface area contributed by atoms with Gasteiger partial charge in [0.25, 0.3) is 0 Å². The van der Waals surface area contributed by atoms with Crippen molar-refractivity contribution in [3.8, 4) is 5.75 Å². The smallest absolute Gasteiger partial charge is 0.240 e. The fourth-order valence-electron chi connectivity index (χ4n) is 1.90. The minimum atomic E-state index is -3.53. The molecule has 0 aliphatic heterocycles. The molecule has 0 fully saturated rings. The first-order valence-electron chi connectivity index (χ1n) is 7.08. The van der Waals surface area contributed by atoms with Crippen molar-refractivity contribution in [2.45, 2.75) is 18.2 Å². The van der Waals surface area contributed by atoms with Gasteiger partial charge in [0.2, 0.25) is 10.0 Å². The molecule has 3 N–H and O–H groups in total. The number of sulfonamides is 1. The Kier molecular flexibility index (Phi) is 5.41. The highest BCUT2D eigenvalue weighted by molar-refractivity contribution is 7.89. The van der Waals surface area contributed by atoms with E-state index in [4.69, 9.17) is 10.5 Å². The predicted molar refractivity (Wildman–Crippen MR) is 87.4 cm³/mol. The molecule has 0 aromatic heterocycles. The number of hydrogen-bond donors (Lipinski definition) is 2. The fourth-order valence-corrected chi connectivity index (χ4v) is 2.91. The van der Waals surface area contributed by atoms with Gasteiger partial charge in [-0.1, -0.05) is 19.1 Å². The Labute approximate surface area is 131 Å². The first kappa shape index (κ1) is 16.3. The molecule has 0 unspecified atom stereocenters. The zero-order chi connectivity index (χ0) is 16.0. The molecule has 0 spiro atoms. The lowest BCUT2D eigenvalue weighted by Gasteiger charge is -2.09. The molecular weight excluding hydrogens is 300 g/mol. The number of ether oxygens (including phenoxy) is 1. The minimum absolute atomic E-state index is 0.189. The van der Waals surface area contributed by atoms with Crippen molar-refractivity contribution in [3.63, 3.8) is 0 Å². The Hall–Kier alpha value is -2.05. The summed E-state index contributed by atoms with van der Waals surface area (Å²) in [6, 6.07) is 13.8. The molecule has 0 bridgehead atoms. The van der Waals surface area contributed by atoms with Crippen LogP contribution in [0.5, 0.6) is 5.75 Å². The molecule has 2 aromatic rings. The van der Waals surface area contributed by atoms with E-state index in [2.05, 4.69) is 11.6 Å². The normalized spacial score (nSPS) is 11.3.